The Bertz CT molecular complexity index is 1230. The zero-order chi connectivity index (χ0) is 26.8. The number of carbonyl (C=O) groups is 1. The van der Waals surface area contributed by atoms with Crippen LogP contribution in [0, 0.1) is 28.9 Å². The molecule has 8 heteroatoms. The van der Waals surface area contributed by atoms with Gasteiger partial charge in [0.2, 0.25) is 5.91 Å². The van der Waals surface area contributed by atoms with Crippen molar-refractivity contribution in [2.24, 2.45) is 5.92 Å². The van der Waals surface area contributed by atoms with Crippen LogP contribution in [-0.2, 0) is 30.6 Å². The van der Waals surface area contributed by atoms with Crippen LogP contribution in [0.5, 0.6) is 0 Å². The zero-order valence-corrected chi connectivity index (χ0v) is 21.3. The predicted molar refractivity (Wildman–Crippen MR) is 140 cm³/mol. The van der Waals surface area contributed by atoms with Gasteiger partial charge in [0.15, 0.2) is 0 Å². The van der Waals surface area contributed by atoms with E-state index < -0.39 is 35.6 Å². The summed E-state index contributed by atoms with van der Waals surface area (Å²) >= 11 is 6.19. The number of nitrogens with one attached hydrogen (secondary N) is 2. The Kier molecular flexibility index (Phi) is 10.6. The number of hydrogen-bond acceptors (Lipinski definition) is 4. The van der Waals surface area contributed by atoms with Crippen LogP contribution in [0.15, 0.2) is 66.7 Å². The molecule has 0 spiro atoms. The molecule has 0 aliphatic carbocycles. The number of halogens is 3. The molecule has 3 aromatic rings. The molecule has 194 valence electrons. The Morgan fingerprint density at radius 2 is 1.70 bits per heavy atom. The van der Waals surface area contributed by atoms with Gasteiger partial charge in [-0.3, -0.25) is 4.79 Å². The van der Waals surface area contributed by atoms with Crippen molar-refractivity contribution in [3.63, 3.8) is 0 Å². The first kappa shape index (κ1) is 28.3. The summed E-state index contributed by atoms with van der Waals surface area (Å²) in [7, 11) is 0. The van der Waals surface area contributed by atoms with E-state index in [2.05, 4.69) is 23.6 Å². The smallest absolute Gasteiger partial charge is 0.238 e. The second kappa shape index (κ2) is 13.8. The van der Waals surface area contributed by atoms with Gasteiger partial charge in [0.1, 0.15) is 17.6 Å². The topological polar surface area (TPSA) is 85.2 Å². The van der Waals surface area contributed by atoms with Gasteiger partial charge in [0.05, 0.1) is 18.2 Å². The van der Waals surface area contributed by atoms with E-state index in [1.54, 1.807) is 24.3 Å². The van der Waals surface area contributed by atoms with Crippen molar-refractivity contribution < 1.29 is 18.7 Å². The molecule has 0 radical (unpaired) electrons. The van der Waals surface area contributed by atoms with E-state index in [-0.39, 0.29) is 24.9 Å². The molecule has 1 amide bonds. The first-order chi connectivity index (χ1) is 17.8. The Morgan fingerprint density at radius 1 is 1.00 bits per heavy atom. The van der Waals surface area contributed by atoms with Crippen molar-refractivity contribution in [2.45, 2.75) is 44.9 Å². The van der Waals surface area contributed by atoms with Gasteiger partial charge in [-0.05, 0) is 59.7 Å². The van der Waals surface area contributed by atoms with E-state index in [0.29, 0.717) is 17.1 Å². The fourth-order valence-electron chi connectivity index (χ4n) is 4.10. The highest BCUT2D eigenvalue weighted by molar-refractivity contribution is 6.31. The Labute approximate surface area is 221 Å². The number of nitriles is 1. The lowest BCUT2D eigenvalue weighted by molar-refractivity contribution is -0.124. The minimum absolute atomic E-state index is 0.0289. The van der Waals surface area contributed by atoms with E-state index in [0.717, 1.165) is 30.2 Å². The molecular weight excluding hydrogens is 496 g/mol. The number of carbonyl (C=O) groups excluding carboxylic acids is 1. The molecular formula is C29H30ClF2N3O2. The maximum Gasteiger partial charge on any atom is 0.238 e. The van der Waals surface area contributed by atoms with Gasteiger partial charge >= 0.3 is 0 Å². The largest absolute Gasteiger partial charge is 0.390 e. The number of rotatable bonds is 12. The lowest BCUT2D eigenvalue weighted by Gasteiger charge is -2.26. The molecule has 0 aromatic heterocycles. The number of hydrogen-bond donors (Lipinski definition) is 3. The van der Waals surface area contributed by atoms with Gasteiger partial charge in [-0.15, -0.1) is 0 Å². The molecule has 0 aliphatic heterocycles. The number of nitrogens with zero attached hydrogens (tertiary/aromatic N) is 1. The van der Waals surface area contributed by atoms with Crippen LogP contribution in [0.25, 0.3) is 0 Å². The van der Waals surface area contributed by atoms with Gasteiger partial charge in [0.25, 0.3) is 0 Å². The Morgan fingerprint density at radius 3 is 2.38 bits per heavy atom. The summed E-state index contributed by atoms with van der Waals surface area (Å²) in [4.78, 5) is 13.0. The highest BCUT2D eigenvalue weighted by Crippen LogP contribution is 2.19. The number of aliphatic hydroxyl groups excluding tert-OH is 1. The molecule has 0 fully saturated rings. The van der Waals surface area contributed by atoms with Crippen molar-refractivity contribution in [2.75, 3.05) is 6.54 Å². The molecule has 3 aromatic carbocycles. The molecule has 0 saturated heterocycles. The molecule has 0 heterocycles. The Hall–Kier alpha value is -3.31. The summed E-state index contributed by atoms with van der Waals surface area (Å²) in [6, 6.07) is 19.1. The summed E-state index contributed by atoms with van der Waals surface area (Å²) in [6.45, 7) is 2.67. The van der Waals surface area contributed by atoms with Crippen LogP contribution < -0.4 is 10.6 Å². The van der Waals surface area contributed by atoms with Crippen molar-refractivity contribution >= 4 is 17.5 Å². The van der Waals surface area contributed by atoms with E-state index in [9.17, 15) is 23.9 Å². The highest BCUT2D eigenvalue weighted by Gasteiger charge is 2.27. The van der Waals surface area contributed by atoms with E-state index in [1.807, 2.05) is 24.3 Å². The first-order valence-electron chi connectivity index (χ1n) is 12.1. The lowest BCUT2D eigenvalue weighted by Crippen LogP contribution is -2.50. The van der Waals surface area contributed by atoms with Crippen LogP contribution in [-0.4, -0.2) is 29.7 Å². The Balaban J connectivity index is 1.72. The maximum atomic E-state index is 13.8. The fraction of sp³-hybridized carbons (Fsp3) is 0.310. The number of benzene rings is 3. The second-order valence-electron chi connectivity index (χ2n) is 8.95. The summed E-state index contributed by atoms with van der Waals surface area (Å²) in [5.41, 5.74) is 3.16. The van der Waals surface area contributed by atoms with Crippen LogP contribution >= 0.6 is 11.6 Å². The molecule has 3 atom stereocenters. The molecule has 0 aliphatic rings. The minimum Gasteiger partial charge on any atom is -0.390 e. The molecule has 0 saturated carbocycles. The number of aliphatic hydroxyl groups is 1. The maximum absolute atomic E-state index is 13.8. The lowest BCUT2D eigenvalue weighted by atomic mass is 9.96. The summed E-state index contributed by atoms with van der Waals surface area (Å²) in [6.07, 6.45) is -0.128. The van der Waals surface area contributed by atoms with Gasteiger partial charge in [-0.2, -0.15) is 5.26 Å². The molecule has 3 rings (SSSR count). The van der Waals surface area contributed by atoms with Crippen molar-refractivity contribution in [1.82, 2.24) is 10.6 Å². The number of aryl methyl sites for hydroxylation is 1. The van der Waals surface area contributed by atoms with E-state index in [4.69, 9.17) is 11.6 Å². The predicted octanol–water partition coefficient (Wildman–Crippen LogP) is 4.74. The normalized spacial score (nSPS) is 13.4. The van der Waals surface area contributed by atoms with Crippen molar-refractivity contribution in [3.05, 3.63) is 106 Å². The molecule has 1 unspecified atom stereocenters. The molecule has 0 bridgehead atoms. The third kappa shape index (κ3) is 8.64. The zero-order valence-electron chi connectivity index (χ0n) is 20.6. The van der Waals surface area contributed by atoms with Crippen LogP contribution in [0.1, 0.15) is 29.2 Å². The third-order valence-corrected chi connectivity index (χ3v) is 6.48. The van der Waals surface area contributed by atoms with Crippen LogP contribution in [0.4, 0.5) is 8.78 Å². The average Bonchev–Trinajstić information content (AvgIpc) is 2.87. The second-order valence-corrected chi connectivity index (χ2v) is 9.35. The summed E-state index contributed by atoms with van der Waals surface area (Å²) < 4.78 is 27.6. The van der Waals surface area contributed by atoms with Gasteiger partial charge in [-0.25, -0.2) is 8.78 Å². The number of amides is 1. The van der Waals surface area contributed by atoms with Crippen molar-refractivity contribution in [1.29, 1.82) is 5.26 Å². The van der Waals surface area contributed by atoms with Gasteiger partial charge in [0, 0.05) is 24.2 Å². The third-order valence-electron chi connectivity index (χ3n) is 6.11. The molecule has 37 heavy (non-hydrogen) atoms. The highest BCUT2D eigenvalue weighted by atomic mass is 35.5. The van der Waals surface area contributed by atoms with Gasteiger partial charge < -0.3 is 15.7 Å². The van der Waals surface area contributed by atoms with Gasteiger partial charge in [-0.1, -0.05) is 61.0 Å². The van der Waals surface area contributed by atoms with E-state index in [1.165, 1.54) is 5.56 Å². The van der Waals surface area contributed by atoms with Crippen molar-refractivity contribution in [3.8, 4) is 6.07 Å². The average molecular weight is 526 g/mol. The SMILES string of the molecule is CCc1cccc(CNC[C@@H](O)[C@H](Cc2cc(F)cc(F)c2)NC(=O)C(C#N)Cc2ccccc2Cl)c1. The quantitative estimate of drug-likeness (QED) is 0.319. The monoisotopic (exact) mass is 525 g/mol. The minimum atomic E-state index is -1.09. The first-order valence-corrected chi connectivity index (χ1v) is 12.5. The van der Waals surface area contributed by atoms with E-state index >= 15 is 0 Å². The van der Waals surface area contributed by atoms with Crippen LogP contribution in [0.3, 0.4) is 0 Å². The summed E-state index contributed by atoms with van der Waals surface area (Å²) in [5.74, 6) is -3.17. The molecule has 3 N–H and O–H groups in total. The van der Waals surface area contributed by atoms with Crippen LogP contribution in [0.2, 0.25) is 5.02 Å². The fourth-order valence-corrected chi connectivity index (χ4v) is 4.31. The molecule has 5 nitrogen and oxygen atoms in total. The summed E-state index contributed by atoms with van der Waals surface area (Å²) in [5, 5.41) is 26.9. The standard InChI is InChI=1S/C29H30ClF2N3O2/c1-2-19-6-5-7-20(10-19)17-34-18-28(36)27(13-21-11-24(31)15-25(32)12-21)35-29(37)23(16-33)14-22-8-3-4-9-26(22)30/h3-12,15,23,27-28,34,36H,2,13-14,17-18H2,1H3,(H,35,37)/t23?,27-,28+/m0/s1.